The molecule has 0 aromatic carbocycles. The molecule has 1 atom stereocenters. The van der Waals surface area contributed by atoms with Crippen LogP contribution in [0.15, 0.2) is 22.5 Å². The Kier molecular flexibility index (Phi) is 3.69. The first-order chi connectivity index (χ1) is 9.06. The van der Waals surface area contributed by atoms with Gasteiger partial charge in [-0.05, 0) is 0 Å². The Balaban J connectivity index is 2.32. The third-order valence-electron chi connectivity index (χ3n) is 2.75. The molecule has 6 N–H and O–H groups in total. The van der Waals surface area contributed by atoms with Crippen LogP contribution >= 0.6 is 0 Å². The lowest BCUT2D eigenvalue weighted by atomic mass is 10.3. The second-order valence-electron chi connectivity index (χ2n) is 3.98. The van der Waals surface area contributed by atoms with Crippen LogP contribution in [0, 0.1) is 0 Å². The standard InChI is InChI=1S/C10H14N4O5/c11-9-5(2-12-18)3-14(10(17)13-9)8-1-6(16)7(4-15)19-8/h3,8,12,15-16,18H,1-2,4H2,(H2,11,13,17). The van der Waals surface area contributed by atoms with E-state index < -0.39 is 18.5 Å². The van der Waals surface area contributed by atoms with Gasteiger partial charge in [0.1, 0.15) is 18.2 Å². The molecule has 1 aliphatic heterocycles. The molecule has 2 rings (SSSR count). The van der Waals surface area contributed by atoms with Crippen LogP contribution in [0.2, 0.25) is 0 Å². The quantitative estimate of drug-likeness (QED) is 0.438. The molecule has 1 aromatic heterocycles. The van der Waals surface area contributed by atoms with E-state index >= 15 is 0 Å². The summed E-state index contributed by atoms with van der Waals surface area (Å²) in [6, 6.07) is 0. The lowest BCUT2D eigenvalue weighted by Crippen LogP contribution is -2.29. The highest BCUT2D eigenvalue weighted by atomic mass is 16.5. The lowest BCUT2D eigenvalue weighted by molar-refractivity contribution is 0.0589. The van der Waals surface area contributed by atoms with Gasteiger partial charge in [-0.3, -0.25) is 4.57 Å². The van der Waals surface area contributed by atoms with Crippen LogP contribution in [0.4, 0.5) is 5.82 Å². The van der Waals surface area contributed by atoms with Crippen LogP contribution < -0.4 is 16.9 Å². The van der Waals surface area contributed by atoms with Crippen molar-refractivity contribution in [3.8, 4) is 0 Å². The zero-order valence-electron chi connectivity index (χ0n) is 9.91. The van der Waals surface area contributed by atoms with E-state index in [1.165, 1.54) is 6.20 Å². The van der Waals surface area contributed by atoms with Crippen LogP contribution in [0.1, 0.15) is 18.2 Å². The van der Waals surface area contributed by atoms with Crippen molar-refractivity contribution in [3.05, 3.63) is 33.8 Å². The molecule has 0 saturated heterocycles. The number of hydroxylamine groups is 1. The fourth-order valence-corrected chi connectivity index (χ4v) is 1.79. The number of rotatable bonds is 4. The molecule has 0 bridgehead atoms. The summed E-state index contributed by atoms with van der Waals surface area (Å²) in [5.74, 6) is -0.0889. The predicted octanol–water partition coefficient (Wildman–Crippen LogP) is -1.01. The zero-order chi connectivity index (χ0) is 14.0. The van der Waals surface area contributed by atoms with Crippen molar-refractivity contribution >= 4 is 5.82 Å². The van der Waals surface area contributed by atoms with Crippen LogP contribution in [0.25, 0.3) is 0 Å². The van der Waals surface area contributed by atoms with Gasteiger partial charge in [-0.25, -0.2) is 10.3 Å². The second-order valence-corrected chi connectivity index (χ2v) is 3.98. The fraction of sp³-hybridized carbons (Fsp3) is 0.400. The first-order valence-electron chi connectivity index (χ1n) is 5.49. The molecule has 1 unspecified atom stereocenters. The van der Waals surface area contributed by atoms with Crippen LogP contribution in [-0.2, 0) is 11.3 Å². The van der Waals surface area contributed by atoms with Gasteiger partial charge < -0.3 is 25.9 Å². The Morgan fingerprint density at radius 2 is 2.37 bits per heavy atom. The van der Waals surface area contributed by atoms with Gasteiger partial charge in [0.25, 0.3) is 0 Å². The van der Waals surface area contributed by atoms with Gasteiger partial charge in [-0.1, -0.05) is 0 Å². The van der Waals surface area contributed by atoms with Crippen molar-refractivity contribution in [3.63, 3.8) is 0 Å². The average molecular weight is 270 g/mol. The van der Waals surface area contributed by atoms with E-state index in [1.54, 1.807) is 0 Å². The number of hydrogen-bond donors (Lipinski definition) is 5. The number of aliphatic hydroxyl groups is 2. The van der Waals surface area contributed by atoms with Crippen molar-refractivity contribution < 1.29 is 20.2 Å². The van der Waals surface area contributed by atoms with Gasteiger partial charge in [-0.15, -0.1) is 0 Å². The Labute approximate surface area is 107 Å². The number of nitrogen functional groups attached to an aromatic ring is 1. The summed E-state index contributed by atoms with van der Waals surface area (Å²) in [4.78, 5) is 15.3. The molecule has 0 amide bonds. The van der Waals surface area contributed by atoms with Crippen molar-refractivity contribution in [2.24, 2.45) is 0 Å². The Bertz CT molecular complexity index is 568. The monoisotopic (exact) mass is 270 g/mol. The SMILES string of the molecule is Nc1nc(=O)n(C2CC(O)=C(CO)O2)cc1CNO. The summed E-state index contributed by atoms with van der Waals surface area (Å²) >= 11 is 0. The summed E-state index contributed by atoms with van der Waals surface area (Å²) < 4.78 is 6.38. The smallest absolute Gasteiger partial charge is 0.352 e. The van der Waals surface area contributed by atoms with E-state index in [0.29, 0.717) is 5.56 Å². The number of aliphatic hydroxyl groups excluding tert-OH is 2. The fourth-order valence-electron chi connectivity index (χ4n) is 1.79. The maximum atomic E-state index is 11.7. The summed E-state index contributed by atoms with van der Waals surface area (Å²) in [6.07, 6.45) is 0.639. The molecule has 0 saturated carbocycles. The summed E-state index contributed by atoms with van der Waals surface area (Å²) in [5.41, 5.74) is 7.22. The highest BCUT2D eigenvalue weighted by Crippen LogP contribution is 2.29. The Morgan fingerprint density at radius 1 is 1.63 bits per heavy atom. The topological polar surface area (TPSA) is 143 Å². The van der Waals surface area contributed by atoms with E-state index in [9.17, 15) is 9.90 Å². The maximum Gasteiger partial charge on any atom is 0.352 e. The Morgan fingerprint density at radius 3 is 2.95 bits per heavy atom. The summed E-state index contributed by atoms with van der Waals surface area (Å²) in [5, 5.41) is 27.1. The molecular formula is C10H14N4O5. The number of hydrogen-bond acceptors (Lipinski definition) is 8. The third-order valence-corrected chi connectivity index (χ3v) is 2.75. The molecule has 0 radical (unpaired) electrons. The van der Waals surface area contributed by atoms with Gasteiger partial charge in [0.15, 0.2) is 12.0 Å². The largest absolute Gasteiger partial charge is 0.508 e. The predicted molar refractivity (Wildman–Crippen MR) is 63.0 cm³/mol. The molecular weight excluding hydrogens is 256 g/mol. The third kappa shape index (κ3) is 2.52. The minimum absolute atomic E-state index is 0.000333. The van der Waals surface area contributed by atoms with E-state index in [2.05, 4.69) is 4.98 Å². The molecule has 19 heavy (non-hydrogen) atoms. The van der Waals surface area contributed by atoms with Crippen molar-refractivity contribution in [2.45, 2.75) is 19.2 Å². The van der Waals surface area contributed by atoms with E-state index in [1.807, 2.05) is 5.48 Å². The first kappa shape index (κ1) is 13.3. The minimum atomic E-state index is -0.791. The first-order valence-corrected chi connectivity index (χ1v) is 5.49. The van der Waals surface area contributed by atoms with Crippen LogP contribution in [0.3, 0.4) is 0 Å². The molecule has 9 heteroatoms. The zero-order valence-corrected chi connectivity index (χ0v) is 9.91. The van der Waals surface area contributed by atoms with Gasteiger partial charge in [-0.2, -0.15) is 4.98 Å². The van der Waals surface area contributed by atoms with Crippen molar-refractivity contribution in [2.75, 3.05) is 12.3 Å². The molecule has 2 heterocycles. The summed E-state index contributed by atoms with van der Waals surface area (Å²) in [7, 11) is 0. The maximum absolute atomic E-state index is 11.7. The number of anilines is 1. The molecule has 0 spiro atoms. The van der Waals surface area contributed by atoms with Gasteiger partial charge >= 0.3 is 5.69 Å². The highest BCUT2D eigenvalue weighted by Gasteiger charge is 2.27. The van der Waals surface area contributed by atoms with Gasteiger partial charge in [0, 0.05) is 11.8 Å². The molecule has 104 valence electrons. The van der Waals surface area contributed by atoms with Crippen LogP contribution in [0.5, 0.6) is 0 Å². The van der Waals surface area contributed by atoms with Gasteiger partial charge in [0.05, 0.1) is 13.0 Å². The molecule has 1 aromatic rings. The van der Waals surface area contributed by atoms with E-state index in [0.717, 1.165) is 4.57 Å². The van der Waals surface area contributed by atoms with E-state index in [4.69, 9.17) is 20.8 Å². The molecule has 0 fully saturated rings. The minimum Gasteiger partial charge on any atom is -0.508 e. The number of ether oxygens (including phenoxy) is 1. The van der Waals surface area contributed by atoms with Crippen LogP contribution in [-0.4, -0.2) is 31.6 Å². The molecule has 9 nitrogen and oxygen atoms in total. The molecule has 0 aliphatic carbocycles. The Hall–Kier alpha value is -2.10. The molecule has 1 aliphatic rings. The normalized spacial score (nSPS) is 18.7. The average Bonchev–Trinajstić information content (AvgIpc) is 2.74. The highest BCUT2D eigenvalue weighted by molar-refractivity contribution is 5.36. The number of nitrogens with zero attached hydrogens (tertiary/aromatic N) is 2. The summed E-state index contributed by atoms with van der Waals surface area (Å²) in [6.45, 7) is -0.442. The number of aromatic nitrogens is 2. The van der Waals surface area contributed by atoms with Crippen molar-refractivity contribution in [1.82, 2.24) is 15.0 Å². The lowest BCUT2D eigenvalue weighted by Gasteiger charge is -2.16. The number of nitrogens with two attached hydrogens (primary N) is 1. The van der Waals surface area contributed by atoms with Crippen molar-refractivity contribution in [1.29, 1.82) is 0 Å². The second kappa shape index (κ2) is 5.26. The van der Waals surface area contributed by atoms with Gasteiger partial charge in [0.2, 0.25) is 0 Å². The van der Waals surface area contributed by atoms with E-state index in [-0.39, 0.29) is 30.3 Å². The number of nitrogens with one attached hydrogen (secondary N) is 1.